The van der Waals surface area contributed by atoms with Crippen LogP contribution in [0.5, 0.6) is 0 Å². The topological polar surface area (TPSA) is 49.3 Å². The number of benzene rings is 4. The minimum atomic E-state index is -0.930. The van der Waals surface area contributed by atoms with E-state index in [1.165, 1.54) is 17.2 Å². The lowest BCUT2D eigenvalue weighted by Gasteiger charge is -2.17. The number of hydrogen-bond donors (Lipinski definition) is 2. The fourth-order valence-electron chi connectivity index (χ4n) is 4.22. The molecule has 0 aliphatic rings. The molecule has 0 heterocycles. The summed E-state index contributed by atoms with van der Waals surface area (Å²) in [6.07, 6.45) is 0.0735. The molecule has 3 nitrogen and oxygen atoms in total. The summed E-state index contributed by atoms with van der Waals surface area (Å²) in [5.74, 6) is -1.30. The Hall–Kier alpha value is -3.21. The van der Waals surface area contributed by atoms with Gasteiger partial charge >= 0.3 is 5.97 Å². The fourth-order valence-corrected chi connectivity index (χ4v) is 4.22. The maximum atomic E-state index is 14.3. The van der Waals surface area contributed by atoms with Gasteiger partial charge in [0.05, 0.1) is 0 Å². The number of fused-ring (bicyclic) bond motifs is 1. The molecule has 0 saturated heterocycles. The number of aliphatic carboxylic acids is 1. The summed E-state index contributed by atoms with van der Waals surface area (Å²) in [6.45, 7) is 4.95. The molecular weight excluding hydrogens is 449 g/mol. The summed E-state index contributed by atoms with van der Waals surface area (Å²) in [6, 6.07) is 26.2. The number of hydrogen-bond acceptors (Lipinski definition) is 2. The maximum absolute atomic E-state index is 14.3. The predicted octanol–water partition coefficient (Wildman–Crippen LogP) is 7.24. The number of carboxylic acids is 1. The fraction of sp³-hybridized carbons (Fsp3) is 0.207. The summed E-state index contributed by atoms with van der Waals surface area (Å²) < 4.78 is 14.3. The molecule has 0 spiro atoms. The van der Waals surface area contributed by atoms with Gasteiger partial charge in [-0.25, -0.2) is 4.39 Å². The van der Waals surface area contributed by atoms with Crippen molar-refractivity contribution in [3.05, 3.63) is 107 Å². The highest BCUT2D eigenvalue weighted by molar-refractivity contribution is 5.97. The minimum Gasteiger partial charge on any atom is -0.481 e. The van der Waals surface area contributed by atoms with Gasteiger partial charge in [0.2, 0.25) is 0 Å². The molecule has 34 heavy (non-hydrogen) atoms. The van der Waals surface area contributed by atoms with Crippen molar-refractivity contribution < 1.29 is 14.3 Å². The zero-order valence-electron chi connectivity index (χ0n) is 19.3. The highest BCUT2D eigenvalue weighted by Crippen LogP contribution is 2.32. The molecule has 4 aromatic rings. The Morgan fingerprint density at radius 2 is 1.79 bits per heavy atom. The predicted molar refractivity (Wildman–Crippen MR) is 139 cm³/mol. The van der Waals surface area contributed by atoms with Crippen LogP contribution in [-0.4, -0.2) is 11.1 Å². The van der Waals surface area contributed by atoms with Gasteiger partial charge in [-0.2, -0.15) is 0 Å². The van der Waals surface area contributed by atoms with Crippen LogP contribution in [-0.2, 0) is 17.8 Å². The summed E-state index contributed by atoms with van der Waals surface area (Å²) in [5, 5.41) is 14.8. The molecule has 5 heteroatoms. The lowest BCUT2D eigenvalue weighted by molar-refractivity contribution is -0.136. The Kier molecular flexibility index (Phi) is 8.43. The second-order valence-corrected chi connectivity index (χ2v) is 8.58. The first-order valence-corrected chi connectivity index (χ1v) is 11.2. The summed E-state index contributed by atoms with van der Waals surface area (Å²) in [5.41, 5.74) is 5.96. The Morgan fingerprint density at radius 1 is 1.00 bits per heavy atom. The Morgan fingerprint density at radius 3 is 2.56 bits per heavy atom. The van der Waals surface area contributed by atoms with Gasteiger partial charge in [0.25, 0.3) is 0 Å². The van der Waals surface area contributed by atoms with Crippen LogP contribution < -0.4 is 5.32 Å². The number of carbonyl (C=O) groups is 1. The number of nitrogens with one attached hydrogen (secondary N) is 1. The van der Waals surface area contributed by atoms with E-state index in [0.29, 0.717) is 12.1 Å². The van der Waals surface area contributed by atoms with Gasteiger partial charge in [0.15, 0.2) is 0 Å². The van der Waals surface area contributed by atoms with Gasteiger partial charge in [0, 0.05) is 19.0 Å². The number of aryl methyl sites for hydroxylation is 2. The number of rotatable bonds is 8. The van der Waals surface area contributed by atoms with Gasteiger partial charge in [-0.15, -0.1) is 12.4 Å². The van der Waals surface area contributed by atoms with E-state index in [2.05, 4.69) is 67.7 Å². The zero-order valence-corrected chi connectivity index (χ0v) is 20.2. The van der Waals surface area contributed by atoms with Crippen molar-refractivity contribution in [3.63, 3.8) is 0 Å². The van der Waals surface area contributed by atoms with Gasteiger partial charge in [-0.3, -0.25) is 4.79 Å². The first kappa shape index (κ1) is 25.4. The van der Waals surface area contributed by atoms with Crippen molar-refractivity contribution in [1.82, 2.24) is 5.32 Å². The van der Waals surface area contributed by atoms with Gasteiger partial charge < -0.3 is 10.4 Å². The molecule has 0 aromatic heterocycles. The normalized spacial score (nSPS) is 11.7. The zero-order chi connectivity index (χ0) is 23.4. The van der Waals surface area contributed by atoms with Gasteiger partial charge in [-0.1, -0.05) is 60.2 Å². The Balaban J connectivity index is 0.00000324. The first-order valence-electron chi connectivity index (χ1n) is 11.2. The summed E-state index contributed by atoms with van der Waals surface area (Å²) in [4.78, 5) is 11.0. The van der Waals surface area contributed by atoms with E-state index in [0.717, 1.165) is 27.5 Å². The second-order valence-electron chi connectivity index (χ2n) is 8.58. The molecule has 4 aromatic carbocycles. The molecule has 0 fully saturated rings. The Bertz CT molecular complexity index is 1300. The highest BCUT2D eigenvalue weighted by Gasteiger charge is 2.12. The van der Waals surface area contributed by atoms with Crippen LogP contribution >= 0.6 is 12.4 Å². The lowest BCUT2D eigenvalue weighted by Crippen LogP contribution is -2.18. The smallest absolute Gasteiger partial charge is 0.303 e. The molecule has 0 aliphatic carbocycles. The molecule has 2 N–H and O–H groups in total. The van der Waals surface area contributed by atoms with E-state index >= 15 is 0 Å². The minimum absolute atomic E-state index is 0. The molecule has 1 atom stereocenters. The van der Waals surface area contributed by atoms with Gasteiger partial charge in [0.1, 0.15) is 5.82 Å². The summed E-state index contributed by atoms with van der Waals surface area (Å²) in [7, 11) is 0. The van der Waals surface area contributed by atoms with Gasteiger partial charge in [-0.05, 0) is 83.1 Å². The molecule has 0 amide bonds. The quantitative estimate of drug-likeness (QED) is 0.281. The van der Waals surface area contributed by atoms with E-state index in [9.17, 15) is 9.18 Å². The third-order valence-corrected chi connectivity index (χ3v) is 6.04. The van der Waals surface area contributed by atoms with Crippen LogP contribution in [0.2, 0.25) is 0 Å². The van der Waals surface area contributed by atoms with Crippen molar-refractivity contribution in [1.29, 1.82) is 0 Å². The Labute approximate surface area is 206 Å². The molecule has 0 bridgehead atoms. The third kappa shape index (κ3) is 6.02. The SMILES string of the molecule is Cc1cccc([C@@H](C)NCc2cc(-c3ccc(F)c(CCC(=O)O)c3)c3ccccc3c2)c1.Cl. The molecular formula is C29H29ClFNO2. The van der Waals surface area contributed by atoms with Crippen molar-refractivity contribution in [3.8, 4) is 11.1 Å². The monoisotopic (exact) mass is 477 g/mol. The molecule has 0 radical (unpaired) electrons. The highest BCUT2D eigenvalue weighted by atomic mass is 35.5. The molecule has 0 aliphatic heterocycles. The van der Waals surface area contributed by atoms with E-state index in [-0.39, 0.29) is 37.1 Å². The van der Waals surface area contributed by atoms with E-state index in [1.807, 2.05) is 12.1 Å². The van der Waals surface area contributed by atoms with Crippen LogP contribution in [0.15, 0.2) is 78.9 Å². The second kappa shape index (κ2) is 11.3. The number of halogens is 2. The van der Waals surface area contributed by atoms with E-state index in [4.69, 9.17) is 5.11 Å². The molecule has 4 rings (SSSR count). The van der Waals surface area contributed by atoms with Crippen LogP contribution in [0.4, 0.5) is 4.39 Å². The van der Waals surface area contributed by atoms with Crippen molar-refractivity contribution in [2.75, 3.05) is 0 Å². The van der Waals surface area contributed by atoms with Crippen molar-refractivity contribution in [2.24, 2.45) is 0 Å². The average Bonchev–Trinajstić information content (AvgIpc) is 2.81. The third-order valence-electron chi connectivity index (χ3n) is 6.04. The number of carboxylic acid groups (broad SMARTS) is 1. The maximum Gasteiger partial charge on any atom is 0.303 e. The summed E-state index contributed by atoms with van der Waals surface area (Å²) >= 11 is 0. The van der Waals surface area contributed by atoms with Crippen LogP contribution in [0.25, 0.3) is 21.9 Å². The van der Waals surface area contributed by atoms with E-state index < -0.39 is 5.97 Å². The first-order chi connectivity index (χ1) is 15.9. The molecule has 0 unspecified atom stereocenters. The van der Waals surface area contributed by atoms with Crippen molar-refractivity contribution in [2.45, 2.75) is 39.3 Å². The average molecular weight is 478 g/mol. The molecule has 176 valence electrons. The largest absolute Gasteiger partial charge is 0.481 e. The molecule has 0 saturated carbocycles. The van der Waals surface area contributed by atoms with Crippen LogP contribution in [0.1, 0.15) is 41.6 Å². The van der Waals surface area contributed by atoms with Crippen LogP contribution in [0, 0.1) is 12.7 Å². The lowest BCUT2D eigenvalue weighted by atomic mass is 9.93. The standard InChI is InChI=1S/C29H28FNO2.ClH/c1-19-6-5-8-22(14-19)20(2)31-18-21-15-23-7-3-4-9-26(23)27(16-21)24-10-12-28(30)25(17-24)11-13-29(32)33;/h3-10,12,14-17,20,31H,11,13,18H2,1-2H3,(H,32,33);1H/t20-;/m1./s1. The van der Waals surface area contributed by atoms with Crippen molar-refractivity contribution >= 4 is 29.1 Å². The van der Waals surface area contributed by atoms with Crippen LogP contribution in [0.3, 0.4) is 0 Å². The van der Waals surface area contributed by atoms with E-state index in [1.54, 1.807) is 12.1 Å².